The van der Waals surface area contributed by atoms with Gasteiger partial charge in [0.05, 0.1) is 30.4 Å². The van der Waals surface area contributed by atoms with Crippen LogP contribution in [-0.4, -0.2) is 63.7 Å². The Bertz CT molecular complexity index is 202. The second kappa shape index (κ2) is 3.18. The fraction of sp³-hybridized carbons (Fsp3) is 1.00. The number of aliphatic hydroxyl groups excluding tert-OH is 3. The smallest absolute Gasteiger partial charge is 0.0995 e. The van der Waals surface area contributed by atoms with Crippen molar-refractivity contribution in [3.8, 4) is 0 Å². The zero-order valence-electron chi connectivity index (χ0n) is 7.37. The highest BCUT2D eigenvalue weighted by Gasteiger charge is 2.52. The summed E-state index contributed by atoms with van der Waals surface area (Å²) in [4.78, 5) is 1.92. The van der Waals surface area contributed by atoms with Crippen LogP contribution in [-0.2, 0) is 0 Å². The molecule has 2 rings (SSSR count). The van der Waals surface area contributed by atoms with Crippen molar-refractivity contribution in [3.05, 3.63) is 0 Å². The Morgan fingerprint density at radius 2 is 1.92 bits per heavy atom. The van der Waals surface area contributed by atoms with Crippen molar-refractivity contribution in [1.82, 2.24) is 4.90 Å². The number of rotatable bonds is 1. The highest BCUT2D eigenvalue weighted by atomic mass is 16.3. The molecule has 0 unspecified atom stereocenters. The van der Waals surface area contributed by atoms with Crippen molar-refractivity contribution in [2.24, 2.45) is 5.73 Å². The van der Waals surface area contributed by atoms with E-state index in [1.165, 1.54) is 0 Å². The quantitative estimate of drug-likeness (QED) is 0.365. The van der Waals surface area contributed by atoms with Gasteiger partial charge in [-0.25, -0.2) is 0 Å². The summed E-state index contributed by atoms with van der Waals surface area (Å²) < 4.78 is 0. The molecule has 5 atom stereocenters. The van der Waals surface area contributed by atoms with Crippen LogP contribution < -0.4 is 5.73 Å². The Morgan fingerprint density at radius 1 is 1.23 bits per heavy atom. The monoisotopic (exact) mass is 188 g/mol. The molecule has 0 aliphatic carbocycles. The molecule has 0 amide bonds. The van der Waals surface area contributed by atoms with Gasteiger partial charge in [0.2, 0.25) is 0 Å². The van der Waals surface area contributed by atoms with E-state index in [1.807, 2.05) is 4.90 Å². The summed E-state index contributed by atoms with van der Waals surface area (Å²) in [6.45, 7) is 1.03. The number of nitrogens with zero attached hydrogens (tertiary/aromatic N) is 1. The van der Waals surface area contributed by atoms with Crippen LogP contribution >= 0.6 is 0 Å². The van der Waals surface area contributed by atoms with E-state index in [1.54, 1.807) is 0 Å². The highest BCUT2D eigenvalue weighted by Crippen LogP contribution is 2.32. The van der Waals surface area contributed by atoms with Gasteiger partial charge in [-0.1, -0.05) is 0 Å². The first kappa shape index (κ1) is 9.36. The van der Waals surface area contributed by atoms with E-state index in [0.29, 0.717) is 19.5 Å². The molecule has 76 valence electrons. The summed E-state index contributed by atoms with van der Waals surface area (Å²) in [6, 6.07) is -0.513. The Hall–Kier alpha value is -0.200. The van der Waals surface area contributed by atoms with Gasteiger partial charge in [-0.2, -0.15) is 0 Å². The van der Waals surface area contributed by atoms with Crippen molar-refractivity contribution in [2.75, 3.05) is 13.1 Å². The van der Waals surface area contributed by atoms with Crippen LogP contribution in [0.4, 0.5) is 0 Å². The highest BCUT2D eigenvalue weighted by molar-refractivity contribution is 5.07. The third-order valence-corrected chi connectivity index (χ3v) is 3.22. The minimum Gasteiger partial charge on any atom is -0.391 e. The molecule has 5 N–H and O–H groups in total. The van der Waals surface area contributed by atoms with E-state index in [9.17, 15) is 15.3 Å². The van der Waals surface area contributed by atoms with Gasteiger partial charge >= 0.3 is 0 Å². The van der Waals surface area contributed by atoms with Crippen molar-refractivity contribution >= 4 is 0 Å². The zero-order chi connectivity index (χ0) is 9.59. The molecule has 5 nitrogen and oxygen atoms in total. The molecule has 2 aliphatic rings. The number of fused-ring (bicyclic) bond motifs is 1. The van der Waals surface area contributed by atoms with Gasteiger partial charge in [0.1, 0.15) is 0 Å². The topological polar surface area (TPSA) is 90.0 Å². The van der Waals surface area contributed by atoms with Gasteiger partial charge in [-0.15, -0.1) is 0 Å². The summed E-state index contributed by atoms with van der Waals surface area (Å²) in [5.74, 6) is 0. The first-order valence-corrected chi connectivity index (χ1v) is 4.67. The standard InChI is InChI=1S/C8H16N2O3/c9-3-4-7(12)8(13)6-5(11)1-2-10(4)6/h4-8,11-13H,1-3,9H2/t4-,5+,6-,7-,8+/m1/s1. The van der Waals surface area contributed by atoms with Crippen LogP contribution in [0.3, 0.4) is 0 Å². The summed E-state index contributed by atoms with van der Waals surface area (Å²) in [6.07, 6.45) is -1.54. The zero-order valence-corrected chi connectivity index (χ0v) is 7.37. The second-order valence-corrected chi connectivity index (χ2v) is 3.87. The van der Waals surface area contributed by atoms with E-state index < -0.39 is 18.3 Å². The number of hydrogen-bond donors (Lipinski definition) is 4. The second-order valence-electron chi connectivity index (χ2n) is 3.87. The fourth-order valence-electron chi connectivity index (χ4n) is 2.53. The van der Waals surface area contributed by atoms with Crippen molar-refractivity contribution in [2.45, 2.75) is 36.8 Å². The number of aliphatic hydroxyl groups is 3. The van der Waals surface area contributed by atoms with Crippen molar-refractivity contribution in [3.63, 3.8) is 0 Å². The third kappa shape index (κ3) is 1.19. The van der Waals surface area contributed by atoms with Gasteiger partial charge in [-0.05, 0) is 6.42 Å². The fourth-order valence-corrected chi connectivity index (χ4v) is 2.53. The summed E-state index contributed by atoms with van der Waals surface area (Å²) in [5.41, 5.74) is 5.49. The molecule has 0 saturated carbocycles. The minimum absolute atomic E-state index is 0.197. The van der Waals surface area contributed by atoms with Crippen LogP contribution in [0, 0.1) is 0 Å². The lowest BCUT2D eigenvalue weighted by molar-refractivity contribution is 0.00389. The molecule has 2 fully saturated rings. The molecule has 0 spiro atoms. The average Bonchev–Trinajstić information content (AvgIpc) is 2.57. The van der Waals surface area contributed by atoms with Crippen LogP contribution in [0.1, 0.15) is 6.42 Å². The molecule has 5 heteroatoms. The van der Waals surface area contributed by atoms with Gasteiger partial charge in [-0.3, -0.25) is 4.90 Å². The number of hydrogen-bond acceptors (Lipinski definition) is 5. The Morgan fingerprint density at radius 3 is 2.54 bits per heavy atom. The van der Waals surface area contributed by atoms with Crippen LogP contribution in [0.2, 0.25) is 0 Å². The number of nitrogens with two attached hydrogens (primary N) is 1. The van der Waals surface area contributed by atoms with Crippen LogP contribution in [0.25, 0.3) is 0 Å². The van der Waals surface area contributed by atoms with Gasteiger partial charge in [0.25, 0.3) is 0 Å². The average molecular weight is 188 g/mol. The molecule has 13 heavy (non-hydrogen) atoms. The molecule has 2 heterocycles. The lowest BCUT2D eigenvalue weighted by Gasteiger charge is -2.22. The van der Waals surface area contributed by atoms with E-state index in [2.05, 4.69) is 0 Å². The molecule has 0 aromatic heterocycles. The van der Waals surface area contributed by atoms with Crippen LogP contribution in [0.15, 0.2) is 0 Å². The molecule has 0 bridgehead atoms. The first-order chi connectivity index (χ1) is 6.16. The normalized spacial score (nSPS) is 51.2. The summed E-state index contributed by atoms with van der Waals surface area (Å²) >= 11 is 0. The predicted molar refractivity (Wildman–Crippen MR) is 46.0 cm³/mol. The van der Waals surface area contributed by atoms with Gasteiger partial charge in [0.15, 0.2) is 0 Å². The summed E-state index contributed by atoms with van der Waals surface area (Å²) in [7, 11) is 0. The molecule has 0 radical (unpaired) electrons. The maximum atomic E-state index is 9.63. The largest absolute Gasteiger partial charge is 0.391 e. The summed E-state index contributed by atoms with van der Waals surface area (Å²) in [5, 5.41) is 28.8. The Labute approximate surface area is 76.8 Å². The molecule has 2 aliphatic heterocycles. The Kier molecular flexibility index (Phi) is 2.29. The third-order valence-electron chi connectivity index (χ3n) is 3.22. The van der Waals surface area contributed by atoms with E-state index in [0.717, 1.165) is 0 Å². The molecular weight excluding hydrogens is 172 g/mol. The van der Waals surface area contributed by atoms with Crippen molar-refractivity contribution in [1.29, 1.82) is 0 Å². The molecule has 0 aromatic carbocycles. The molecular formula is C8H16N2O3. The van der Waals surface area contributed by atoms with E-state index in [-0.39, 0.29) is 12.1 Å². The van der Waals surface area contributed by atoms with E-state index >= 15 is 0 Å². The maximum absolute atomic E-state index is 9.63. The lowest BCUT2D eigenvalue weighted by atomic mass is 10.0. The lowest BCUT2D eigenvalue weighted by Crippen LogP contribution is -2.42. The maximum Gasteiger partial charge on any atom is 0.0995 e. The predicted octanol–water partition coefficient (Wildman–Crippen LogP) is -2.52. The molecule has 0 aromatic rings. The van der Waals surface area contributed by atoms with Crippen molar-refractivity contribution < 1.29 is 15.3 Å². The van der Waals surface area contributed by atoms with Gasteiger partial charge in [0, 0.05) is 13.1 Å². The minimum atomic E-state index is -0.856. The Balaban J connectivity index is 2.19. The van der Waals surface area contributed by atoms with E-state index in [4.69, 9.17) is 5.73 Å². The first-order valence-electron chi connectivity index (χ1n) is 4.67. The molecule has 2 saturated heterocycles. The van der Waals surface area contributed by atoms with Crippen LogP contribution in [0.5, 0.6) is 0 Å². The van der Waals surface area contributed by atoms with Gasteiger partial charge < -0.3 is 21.1 Å². The SMILES string of the molecule is NC[C@@H]1[C@@H](O)[C@@H](O)[C@H]2[C@@H](O)CCN21.